The zero-order chi connectivity index (χ0) is 20.0. The molecule has 4 aromatic heterocycles. The topological polar surface area (TPSA) is 70.9 Å². The number of aromatic nitrogens is 5. The largest absolute Gasteiger partial charge is 0.354 e. The van der Waals surface area contributed by atoms with Crippen molar-refractivity contribution in [3.8, 4) is 11.1 Å². The number of nitrogens with one attached hydrogen (secondary N) is 2. The highest BCUT2D eigenvalue weighted by Crippen LogP contribution is 2.36. The second kappa shape index (κ2) is 6.75. The van der Waals surface area contributed by atoms with Crippen LogP contribution in [0.1, 0.15) is 25.7 Å². The lowest BCUT2D eigenvalue weighted by molar-refractivity contribution is -0.0443. The van der Waals surface area contributed by atoms with Crippen LogP contribution < -0.4 is 5.32 Å². The molecule has 0 saturated heterocycles. The molecule has 0 aliphatic heterocycles. The summed E-state index contributed by atoms with van der Waals surface area (Å²) in [4.78, 5) is 15.9. The predicted octanol–water partition coefficient (Wildman–Crippen LogP) is 4.65. The van der Waals surface area contributed by atoms with Gasteiger partial charge in [-0.05, 0) is 24.8 Å². The Bertz CT molecular complexity index is 1170. The Morgan fingerprint density at radius 2 is 2.07 bits per heavy atom. The van der Waals surface area contributed by atoms with E-state index in [1.54, 1.807) is 35.4 Å². The van der Waals surface area contributed by atoms with Gasteiger partial charge in [-0.3, -0.25) is 0 Å². The van der Waals surface area contributed by atoms with E-state index in [4.69, 9.17) is 0 Å². The number of fused-ring (bicyclic) bond motifs is 2. The highest BCUT2D eigenvalue weighted by Gasteiger charge is 2.34. The molecular formula is C20H19F3N6. The van der Waals surface area contributed by atoms with Gasteiger partial charge in [0.1, 0.15) is 5.65 Å². The molecule has 0 amide bonds. The van der Waals surface area contributed by atoms with Crippen molar-refractivity contribution in [1.29, 1.82) is 0 Å². The van der Waals surface area contributed by atoms with Crippen molar-refractivity contribution in [2.24, 2.45) is 5.92 Å². The van der Waals surface area contributed by atoms with Crippen molar-refractivity contribution >= 4 is 22.6 Å². The second-order valence-corrected chi connectivity index (χ2v) is 7.57. The van der Waals surface area contributed by atoms with Crippen molar-refractivity contribution in [2.75, 3.05) is 11.9 Å². The molecule has 9 heteroatoms. The second-order valence-electron chi connectivity index (χ2n) is 7.57. The van der Waals surface area contributed by atoms with Crippen LogP contribution in [0.3, 0.4) is 0 Å². The van der Waals surface area contributed by atoms with E-state index in [2.05, 4.69) is 25.3 Å². The highest BCUT2D eigenvalue weighted by atomic mass is 19.3. The minimum absolute atomic E-state index is 0.0585. The van der Waals surface area contributed by atoms with Gasteiger partial charge in [0.05, 0.1) is 0 Å². The first-order valence-corrected chi connectivity index (χ1v) is 9.57. The molecule has 0 radical (unpaired) electrons. The molecule has 0 unspecified atom stereocenters. The molecule has 5 rings (SSSR count). The molecule has 1 aliphatic rings. The highest BCUT2D eigenvalue weighted by molar-refractivity contribution is 5.93. The molecule has 4 heterocycles. The van der Waals surface area contributed by atoms with Crippen LogP contribution in [0.4, 0.5) is 19.1 Å². The van der Waals surface area contributed by atoms with E-state index in [1.807, 2.05) is 0 Å². The van der Waals surface area contributed by atoms with E-state index in [0.717, 1.165) is 10.9 Å². The normalized spacial score (nSPS) is 17.2. The van der Waals surface area contributed by atoms with Gasteiger partial charge in [-0.15, -0.1) is 0 Å². The first kappa shape index (κ1) is 18.0. The molecule has 1 saturated carbocycles. The summed E-state index contributed by atoms with van der Waals surface area (Å²) in [6.45, 7) is 0.567. The summed E-state index contributed by atoms with van der Waals surface area (Å²) in [6, 6.07) is 1.44. The lowest BCUT2D eigenvalue weighted by Gasteiger charge is -2.28. The van der Waals surface area contributed by atoms with Gasteiger partial charge in [0.25, 0.3) is 0 Å². The third kappa shape index (κ3) is 3.41. The molecular weight excluding hydrogens is 381 g/mol. The van der Waals surface area contributed by atoms with Crippen molar-refractivity contribution in [1.82, 2.24) is 24.3 Å². The summed E-state index contributed by atoms with van der Waals surface area (Å²) in [5.41, 5.74) is 2.37. The Kier molecular flexibility index (Phi) is 4.18. The maximum absolute atomic E-state index is 14.3. The quantitative estimate of drug-likeness (QED) is 0.523. The van der Waals surface area contributed by atoms with E-state index in [1.165, 1.54) is 6.07 Å². The number of halogens is 3. The first-order valence-electron chi connectivity index (χ1n) is 9.57. The maximum Gasteiger partial charge on any atom is 0.248 e. The SMILES string of the molecule is Fc1cc(-c2c[nH]c3nc(NCC4CCC(F)(F)CC4)ncc23)cn2ccnc12. The van der Waals surface area contributed by atoms with Crippen LogP contribution in [0.5, 0.6) is 0 Å². The van der Waals surface area contributed by atoms with Gasteiger partial charge in [-0.1, -0.05) is 0 Å². The molecule has 0 spiro atoms. The van der Waals surface area contributed by atoms with Gasteiger partial charge >= 0.3 is 0 Å². The minimum atomic E-state index is -2.52. The number of nitrogens with zero attached hydrogens (tertiary/aromatic N) is 4. The molecule has 6 nitrogen and oxygen atoms in total. The number of alkyl halides is 2. The molecule has 2 N–H and O–H groups in total. The molecule has 4 aromatic rings. The summed E-state index contributed by atoms with van der Waals surface area (Å²) >= 11 is 0. The molecule has 150 valence electrons. The number of rotatable bonds is 4. The van der Waals surface area contributed by atoms with Gasteiger partial charge in [0.2, 0.25) is 11.9 Å². The van der Waals surface area contributed by atoms with Crippen LogP contribution in [0.25, 0.3) is 27.8 Å². The van der Waals surface area contributed by atoms with E-state index in [0.29, 0.717) is 36.5 Å². The Morgan fingerprint density at radius 1 is 1.24 bits per heavy atom. The van der Waals surface area contributed by atoms with Crippen LogP contribution in [0, 0.1) is 11.7 Å². The first-order chi connectivity index (χ1) is 14.0. The molecule has 0 atom stereocenters. The van der Waals surface area contributed by atoms with E-state index < -0.39 is 11.7 Å². The summed E-state index contributed by atoms with van der Waals surface area (Å²) in [6.07, 6.45) is 9.37. The smallest absolute Gasteiger partial charge is 0.248 e. The van der Waals surface area contributed by atoms with E-state index >= 15 is 0 Å². The van der Waals surface area contributed by atoms with Crippen LogP contribution >= 0.6 is 0 Å². The summed E-state index contributed by atoms with van der Waals surface area (Å²) in [7, 11) is 0. The van der Waals surface area contributed by atoms with Crippen LogP contribution in [-0.2, 0) is 0 Å². The molecule has 0 aromatic carbocycles. The minimum Gasteiger partial charge on any atom is -0.354 e. The number of hydrogen-bond donors (Lipinski definition) is 2. The summed E-state index contributed by atoms with van der Waals surface area (Å²) < 4.78 is 42.5. The average molecular weight is 400 g/mol. The van der Waals surface area contributed by atoms with Crippen LogP contribution in [0.2, 0.25) is 0 Å². The fraction of sp³-hybridized carbons (Fsp3) is 0.350. The third-order valence-corrected chi connectivity index (χ3v) is 5.57. The van der Waals surface area contributed by atoms with Crippen molar-refractivity contribution < 1.29 is 13.2 Å². The van der Waals surface area contributed by atoms with E-state index in [-0.39, 0.29) is 24.4 Å². The van der Waals surface area contributed by atoms with Gasteiger partial charge in [-0.2, -0.15) is 4.98 Å². The van der Waals surface area contributed by atoms with Crippen molar-refractivity contribution in [3.05, 3.63) is 42.9 Å². The number of imidazole rings is 1. The van der Waals surface area contributed by atoms with Gasteiger partial charge < -0.3 is 14.7 Å². The number of hydrogen-bond acceptors (Lipinski definition) is 4. The lowest BCUT2D eigenvalue weighted by atomic mass is 9.87. The lowest BCUT2D eigenvalue weighted by Crippen LogP contribution is -2.28. The number of aromatic amines is 1. The Labute approximate surface area is 164 Å². The zero-order valence-corrected chi connectivity index (χ0v) is 15.5. The van der Waals surface area contributed by atoms with E-state index in [9.17, 15) is 13.2 Å². The van der Waals surface area contributed by atoms with Gasteiger partial charge in [0.15, 0.2) is 11.5 Å². The fourth-order valence-corrected chi connectivity index (χ4v) is 3.91. The van der Waals surface area contributed by atoms with Crippen molar-refractivity contribution in [2.45, 2.75) is 31.6 Å². The van der Waals surface area contributed by atoms with Gasteiger partial charge in [-0.25, -0.2) is 23.1 Å². The standard InChI is InChI=1S/C20H19F3N6/c21-16-7-13(11-29-6-5-24-18(16)29)14-9-25-17-15(14)10-27-19(28-17)26-8-12-1-3-20(22,23)4-2-12/h5-7,9-12H,1-4,8H2,(H2,25,26,27,28). The summed E-state index contributed by atoms with van der Waals surface area (Å²) in [5.74, 6) is -2.29. The number of anilines is 1. The molecule has 1 fully saturated rings. The monoisotopic (exact) mass is 400 g/mol. The average Bonchev–Trinajstić information content (AvgIpc) is 3.33. The Balaban J connectivity index is 1.36. The number of H-pyrrole nitrogens is 1. The fourth-order valence-electron chi connectivity index (χ4n) is 3.91. The van der Waals surface area contributed by atoms with Crippen LogP contribution in [-0.4, -0.2) is 36.8 Å². The third-order valence-electron chi connectivity index (χ3n) is 5.57. The predicted molar refractivity (Wildman–Crippen MR) is 103 cm³/mol. The molecule has 0 bridgehead atoms. The van der Waals surface area contributed by atoms with Gasteiger partial charge in [0, 0.05) is 66.9 Å². The zero-order valence-electron chi connectivity index (χ0n) is 15.5. The number of pyridine rings is 1. The summed E-state index contributed by atoms with van der Waals surface area (Å²) in [5, 5.41) is 3.92. The maximum atomic E-state index is 14.3. The Hall–Kier alpha value is -3.10. The van der Waals surface area contributed by atoms with Crippen molar-refractivity contribution in [3.63, 3.8) is 0 Å². The molecule has 29 heavy (non-hydrogen) atoms. The molecule has 1 aliphatic carbocycles. The van der Waals surface area contributed by atoms with Crippen LogP contribution in [0.15, 0.2) is 37.1 Å². The Morgan fingerprint density at radius 3 is 2.90 bits per heavy atom.